The largest absolute Gasteiger partial charge is 0.493 e. The molecule has 1 atom stereocenters. The average Bonchev–Trinajstić information content (AvgIpc) is 2.26. The molecule has 1 nitrogen and oxygen atoms in total. The van der Waals surface area contributed by atoms with Gasteiger partial charge in [0.1, 0.15) is 5.75 Å². The zero-order valence-corrected chi connectivity index (χ0v) is 10.3. The maximum atomic E-state index is 5.60. The average molecular weight is 228 g/mol. The molecule has 0 saturated carbocycles. The lowest BCUT2D eigenvalue weighted by Crippen LogP contribution is -2.09. The van der Waals surface area contributed by atoms with Crippen molar-refractivity contribution in [3.8, 4) is 5.75 Å². The smallest absolute Gasteiger partial charge is 0.119 e. The highest BCUT2D eigenvalue weighted by molar-refractivity contribution is 7.98. The molecule has 1 unspecified atom stereocenters. The van der Waals surface area contributed by atoms with E-state index in [0.717, 1.165) is 18.1 Å². The Labute approximate surface area is 95.6 Å². The second kappa shape index (κ2) is 6.25. The first-order valence-corrected chi connectivity index (χ1v) is 6.49. The van der Waals surface area contributed by atoms with Gasteiger partial charge in [0, 0.05) is 4.90 Å². The molecule has 0 aliphatic heterocycles. The normalized spacial score (nSPS) is 12.5. The molecule has 0 aromatic heterocycles. The monoisotopic (exact) mass is 228 g/mol. The summed E-state index contributed by atoms with van der Waals surface area (Å²) in [6.45, 7) is 2.87. The van der Waals surface area contributed by atoms with E-state index in [1.807, 2.05) is 12.1 Å². The third-order valence-corrected chi connectivity index (χ3v) is 3.27. The van der Waals surface area contributed by atoms with Gasteiger partial charge in [-0.25, -0.2) is 0 Å². The topological polar surface area (TPSA) is 9.23 Å². The highest BCUT2D eigenvalue weighted by Crippen LogP contribution is 2.19. The highest BCUT2D eigenvalue weighted by Gasteiger charge is 2.00. The molecule has 0 bridgehead atoms. The van der Waals surface area contributed by atoms with Crippen LogP contribution in [0.15, 0.2) is 29.2 Å². The summed E-state index contributed by atoms with van der Waals surface area (Å²) in [5, 5.41) is 0. The maximum Gasteiger partial charge on any atom is 0.119 e. The predicted octanol–water partition coefficient (Wildman–Crippen LogP) is 3.35. The van der Waals surface area contributed by atoms with Crippen LogP contribution in [0.5, 0.6) is 5.75 Å². The van der Waals surface area contributed by atoms with Crippen LogP contribution in [0.1, 0.15) is 6.92 Å². The number of thiol groups is 1. The molecular formula is C11H16OS2. The Morgan fingerprint density at radius 3 is 2.50 bits per heavy atom. The van der Waals surface area contributed by atoms with Crippen molar-refractivity contribution in [1.82, 2.24) is 0 Å². The Morgan fingerprint density at radius 1 is 1.36 bits per heavy atom. The van der Waals surface area contributed by atoms with Crippen LogP contribution in [0.3, 0.4) is 0 Å². The fraction of sp³-hybridized carbons (Fsp3) is 0.455. The van der Waals surface area contributed by atoms with Crippen molar-refractivity contribution >= 4 is 24.4 Å². The summed E-state index contributed by atoms with van der Waals surface area (Å²) in [7, 11) is 0. The van der Waals surface area contributed by atoms with Crippen LogP contribution >= 0.6 is 24.4 Å². The molecule has 0 spiro atoms. The molecule has 0 N–H and O–H groups in total. The Balaban J connectivity index is 2.43. The molecule has 0 radical (unpaired) electrons. The minimum atomic E-state index is 0.499. The van der Waals surface area contributed by atoms with Crippen molar-refractivity contribution < 1.29 is 4.74 Å². The van der Waals surface area contributed by atoms with Gasteiger partial charge < -0.3 is 4.74 Å². The molecule has 0 saturated heterocycles. The molecule has 0 fully saturated rings. The zero-order chi connectivity index (χ0) is 10.4. The quantitative estimate of drug-likeness (QED) is 0.611. The van der Waals surface area contributed by atoms with Crippen molar-refractivity contribution in [3.05, 3.63) is 24.3 Å². The van der Waals surface area contributed by atoms with Gasteiger partial charge in [-0.3, -0.25) is 0 Å². The van der Waals surface area contributed by atoms with E-state index in [1.165, 1.54) is 4.90 Å². The lowest BCUT2D eigenvalue weighted by atomic mass is 10.2. The number of hydrogen-bond donors (Lipinski definition) is 1. The first-order chi connectivity index (χ1) is 6.76. The van der Waals surface area contributed by atoms with Crippen molar-refractivity contribution in [3.63, 3.8) is 0 Å². The van der Waals surface area contributed by atoms with Crippen molar-refractivity contribution in [2.24, 2.45) is 5.92 Å². The van der Waals surface area contributed by atoms with E-state index < -0.39 is 0 Å². The van der Waals surface area contributed by atoms with Gasteiger partial charge in [-0.2, -0.15) is 12.6 Å². The molecule has 3 heteroatoms. The van der Waals surface area contributed by atoms with Crippen LogP contribution in [-0.4, -0.2) is 18.6 Å². The second-order valence-electron chi connectivity index (χ2n) is 3.27. The van der Waals surface area contributed by atoms with Crippen molar-refractivity contribution in [2.75, 3.05) is 18.6 Å². The van der Waals surface area contributed by atoms with E-state index in [4.69, 9.17) is 4.74 Å². The summed E-state index contributed by atoms with van der Waals surface area (Å²) in [4.78, 5) is 1.26. The predicted molar refractivity (Wildman–Crippen MR) is 66.7 cm³/mol. The van der Waals surface area contributed by atoms with Crippen LogP contribution in [0.4, 0.5) is 0 Å². The minimum Gasteiger partial charge on any atom is -0.493 e. The molecule has 0 aliphatic carbocycles. The van der Waals surface area contributed by atoms with Gasteiger partial charge in [-0.05, 0) is 42.2 Å². The summed E-state index contributed by atoms with van der Waals surface area (Å²) in [5.74, 6) is 2.30. The van der Waals surface area contributed by atoms with Gasteiger partial charge in [0.15, 0.2) is 0 Å². The van der Waals surface area contributed by atoms with Crippen LogP contribution in [0.2, 0.25) is 0 Å². The summed E-state index contributed by atoms with van der Waals surface area (Å²) in [6, 6.07) is 8.17. The minimum absolute atomic E-state index is 0.499. The van der Waals surface area contributed by atoms with Gasteiger partial charge in [-0.15, -0.1) is 11.8 Å². The molecule has 1 aromatic rings. The number of thioether (sulfide) groups is 1. The molecule has 0 amide bonds. The zero-order valence-electron chi connectivity index (χ0n) is 8.56. The summed E-state index contributed by atoms with van der Waals surface area (Å²) in [6.07, 6.45) is 2.07. The molecule has 0 heterocycles. The van der Waals surface area contributed by atoms with E-state index in [0.29, 0.717) is 5.92 Å². The van der Waals surface area contributed by atoms with Crippen molar-refractivity contribution in [1.29, 1.82) is 0 Å². The Bertz CT molecular complexity index is 258. The highest BCUT2D eigenvalue weighted by atomic mass is 32.2. The third-order valence-electron chi connectivity index (χ3n) is 1.91. The van der Waals surface area contributed by atoms with Crippen LogP contribution < -0.4 is 4.74 Å². The van der Waals surface area contributed by atoms with Crippen molar-refractivity contribution in [2.45, 2.75) is 11.8 Å². The molecule has 1 aromatic carbocycles. The second-order valence-corrected chi connectivity index (χ2v) is 4.52. The van der Waals surface area contributed by atoms with Gasteiger partial charge in [0.05, 0.1) is 6.61 Å². The lowest BCUT2D eigenvalue weighted by Gasteiger charge is -2.10. The van der Waals surface area contributed by atoms with E-state index in [1.54, 1.807) is 11.8 Å². The lowest BCUT2D eigenvalue weighted by molar-refractivity contribution is 0.273. The van der Waals surface area contributed by atoms with Gasteiger partial charge in [0.2, 0.25) is 0 Å². The first kappa shape index (κ1) is 11.8. The van der Waals surface area contributed by atoms with Gasteiger partial charge in [-0.1, -0.05) is 6.92 Å². The Hall–Kier alpha value is -0.280. The standard InChI is InChI=1S/C11H16OS2/c1-9(8-13)7-12-10-3-5-11(14-2)6-4-10/h3-6,9,13H,7-8H2,1-2H3. The molecule has 78 valence electrons. The van der Waals surface area contributed by atoms with Gasteiger partial charge >= 0.3 is 0 Å². The molecule has 0 aliphatic rings. The Kier molecular flexibility index (Phi) is 5.26. The fourth-order valence-corrected chi connectivity index (χ4v) is 1.48. The number of ether oxygens (including phenoxy) is 1. The third kappa shape index (κ3) is 3.84. The number of benzene rings is 1. The Morgan fingerprint density at radius 2 is 2.00 bits per heavy atom. The number of hydrogen-bond acceptors (Lipinski definition) is 3. The summed E-state index contributed by atoms with van der Waals surface area (Å²) in [5.41, 5.74) is 0. The SMILES string of the molecule is CSc1ccc(OCC(C)CS)cc1. The first-order valence-electron chi connectivity index (χ1n) is 4.64. The van der Waals surface area contributed by atoms with Crippen LogP contribution in [0.25, 0.3) is 0 Å². The number of rotatable bonds is 5. The van der Waals surface area contributed by atoms with Gasteiger partial charge in [0.25, 0.3) is 0 Å². The van der Waals surface area contributed by atoms with Crippen LogP contribution in [0, 0.1) is 5.92 Å². The van der Waals surface area contributed by atoms with Crippen LogP contribution in [-0.2, 0) is 0 Å². The molecule has 14 heavy (non-hydrogen) atoms. The molecular weight excluding hydrogens is 212 g/mol. The van der Waals surface area contributed by atoms with E-state index >= 15 is 0 Å². The maximum absolute atomic E-state index is 5.60. The molecule has 1 rings (SSSR count). The summed E-state index contributed by atoms with van der Waals surface area (Å²) < 4.78 is 5.60. The van der Waals surface area contributed by atoms with E-state index in [2.05, 4.69) is 37.9 Å². The van der Waals surface area contributed by atoms with E-state index in [-0.39, 0.29) is 0 Å². The summed E-state index contributed by atoms with van der Waals surface area (Å²) >= 11 is 5.95. The van der Waals surface area contributed by atoms with E-state index in [9.17, 15) is 0 Å². The fourth-order valence-electron chi connectivity index (χ4n) is 0.963.